The van der Waals surface area contributed by atoms with Gasteiger partial charge in [-0.3, -0.25) is 4.79 Å². The zero-order valence-corrected chi connectivity index (χ0v) is 24.1. The number of carbonyl (C=O) groups excluding carboxylic acids is 1. The lowest BCUT2D eigenvalue weighted by Gasteiger charge is -2.31. The van der Waals surface area contributed by atoms with Gasteiger partial charge in [-0.2, -0.15) is 0 Å². The van der Waals surface area contributed by atoms with Gasteiger partial charge in [0.1, 0.15) is 0 Å². The highest BCUT2D eigenvalue weighted by Gasteiger charge is 2.30. The Kier molecular flexibility index (Phi) is 9.82. The minimum atomic E-state index is -3.29. The number of nitrogens with one attached hydrogen (secondary N) is 2. The van der Waals surface area contributed by atoms with Crippen molar-refractivity contribution in [2.24, 2.45) is 11.7 Å². The number of rotatable bonds is 13. The molecule has 0 spiro atoms. The number of aromatic amines is 1. The number of nitrogens with two attached hydrogens (primary N) is 1. The molecule has 8 nitrogen and oxygen atoms in total. The number of carbonyl (C=O) groups is 1. The number of methoxy groups -OCH3 is 1. The van der Waals surface area contributed by atoms with Gasteiger partial charge in [-0.15, -0.1) is 0 Å². The molecule has 1 fully saturated rings. The van der Waals surface area contributed by atoms with Gasteiger partial charge in [-0.1, -0.05) is 38.5 Å². The monoisotopic (exact) mass is 554 g/mol. The first-order valence-electron chi connectivity index (χ1n) is 13.9. The predicted octanol–water partition coefficient (Wildman–Crippen LogP) is 4.62. The third-order valence-corrected chi connectivity index (χ3v) is 9.86. The fourth-order valence-electron chi connectivity index (χ4n) is 5.38. The molecule has 1 amide bonds. The van der Waals surface area contributed by atoms with Gasteiger partial charge in [0.05, 0.1) is 16.8 Å². The van der Waals surface area contributed by atoms with Crippen LogP contribution in [0.5, 0.6) is 0 Å². The van der Waals surface area contributed by atoms with Gasteiger partial charge in [-0.05, 0) is 78.1 Å². The molecule has 1 aliphatic rings. The quantitative estimate of drug-likeness (QED) is 0.267. The molecule has 4 rings (SSSR count). The SMILES string of the molecule is CC[C@@H](C)CNCc1cccc(-c2cc(C(N)=O)c3[nH]cc(C4CCN(S(=O)(=O)CCCOC)CC4)c3c2)c1. The Hall–Kier alpha value is -2.72. The molecule has 1 aromatic heterocycles. The first kappa shape index (κ1) is 29.3. The average Bonchev–Trinajstić information content (AvgIpc) is 3.36. The molecule has 9 heteroatoms. The lowest BCUT2D eigenvalue weighted by atomic mass is 9.88. The number of amides is 1. The van der Waals surface area contributed by atoms with Crippen LogP contribution in [0.15, 0.2) is 42.6 Å². The van der Waals surface area contributed by atoms with Crippen molar-refractivity contribution in [3.05, 3.63) is 59.3 Å². The maximum Gasteiger partial charge on any atom is 0.250 e. The van der Waals surface area contributed by atoms with Crippen molar-refractivity contribution in [1.29, 1.82) is 0 Å². The van der Waals surface area contributed by atoms with Crippen LogP contribution in [0.1, 0.15) is 66.9 Å². The van der Waals surface area contributed by atoms with E-state index in [4.69, 9.17) is 10.5 Å². The molecule has 4 N–H and O–H groups in total. The van der Waals surface area contributed by atoms with Gasteiger partial charge in [0, 0.05) is 44.9 Å². The molecule has 0 radical (unpaired) electrons. The molecule has 39 heavy (non-hydrogen) atoms. The number of aromatic nitrogens is 1. The van der Waals surface area contributed by atoms with Crippen molar-refractivity contribution in [2.45, 2.75) is 52.0 Å². The van der Waals surface area contributed by atoms with E-state index in [1.54, 1.807) is 11.4 Å². The summed E-state index contributed by atoms with van der Waals surface area (Å²) in [5.74, 6) is 0.453. The molecule has 0 aliphatic carbocycles. The van der Waals surface area contributed by atoms with E-state index in [0.29, 0.717) is 37.6 Å². The van der Waals surface area contributed by atoms with Crippen molar-refractivity contribution in [3.8, 4) is 11.1 Å². The summed E-state index contributed by atoms with van der Waals surface area (Å²) in [5.41, 5.74) is 11.3. The molecule has 2 heterocycles. The summed E-state index contributed by atoms with van der Waals surface area (Å²) in [7, 11) is -1.71. The lowest BCUT2D eigenvalue weighted by Crippen LogP contribution is -2.39. The number of sulfonamides is 1. The van der Waals surface area contributed by atoms with Crippen LogP contribution in [0.2, 0.25) is 0 Å². The van der Waals surface area contributed by atoms with Crippen molar-refractivity contribution in [3.63, 3.8) is 0 Å². The highest BCUT2D eigenvalue weighted by molar-refractivity contribution is 7.89. The Bertz CT molecular complexity index is 1380. The van der Waals surface area contributed by atoms with Crippen LogP contribution in [-0.4, -0.2) is 62.7 Å². The second kappa shape index (κ2) is 13.1. The van der Waals surface area contributed by atoms with E-state index in [9.17, 15) is 13.2 Å². The molecule has 1 atom stereocenters. The predicted molar refractivity (Wildman–Crippen MR) is 157 cm³/mol. The Morgan fingerprint density at radius 2 is 1.97 bits per heavy atom. The van der Waals surface area contributed by atoms with E-state index in [0.717, 1.165) is 59.9 Å². The second-order valence-electron chi connectivity index (χ2n) is 10.7. The number of hydrogen-bond donors (Lipinski definition) is 3. The zero-order chi connectivity index (χ0) is 28.0. The molecule has 0 bridgehead atoms. The molecule has 0 unspecified atom stereocenters. The third kappa shape index (κ3) is 7.08. The normalized spacial score (nSPS) is 16.1. The maximum absolute atomic E-state index is 12.7. The van der Waals surface area contributed by atoms with E-state index < -0.39 is 15.9 Å². The smallest absolute Gasteiger partial charge is 0.250 e. The number of nitrogens with zero attached hydrogens (tertiary/aromatic N) is 1. The maximum atomic E-state index is 12.7. The van der Waals surface area contributed by atoms with Crippen LogP contribution in [0.25, 0.3) is 22.0 Å². The fraction of sp³-hybridized carbons (Fsp3) is 0.500. The summed E-state index contributed by atoms with van der Waals surface area (Å²) in [6, 6.07) is 12.4. The van der Waals surface area contributed by atoms with Crippen molar-refractivity contribution >= 4 is 26.8 Å². The fourth-order valence-corrected chi connectivity index (χ4v) is 6.89. The number of hydrogen-bond acceptors (Lipinski definition) is 5. The number of ether oxygens (including phenoxy) is 1. The Labute approximate surface area is 232 Å². The van der Waals surface area contributed by atoms with Crippen LogP contribution in [0, 0.1) is 5.92 Å². The van der Waals surface area contributed by atoms with E-state index in [1.807, 2.05) is 18.3 Å². The summed E-state index contributed by atoms with van der Waals surface area (Å²) in [4.78, 5) is 15.7. The summed E-state index contributed by atoms with van der Waals surface area (Å²) in [6.45, 7) is 7.60. The largest absolute Gasteiger partial charge is 0.385 e. The molecular formula is C30H42N4O4S. The van der Waals surface area contributed by atoms with Crippen molar-refractivity contribution in [2.75, 3.05) is 39.1 Å². The molecule has 0 saturated carbocycles. The molecule has 212 valence electrons. The summed E-state index contributed by atoms with van der Waals surface area (Å²) in [5, 5.41) is 4.51. The Balaban J connectivity index is 1.57. The van der Waals surface area contributed by atoms with E-state index >= 15 is 0 Å². The van der Waals surface area contributed by atoms with Crippen molar-refractivity contribution in [1.82, 2.24) is 14.6 Å². The highest BCUT2D eigenvalue weighted by Crippen LogP contribution is 2.37. The second-order valence-corrected chi connectivity index (χ2v) is 12.8. The van der Waals surface area contributed by atoms with Gasteiger partial charge < -0.3 is 20.8 Å². The third-order valence-electron chi connectivity index (χ3n) is 7.90. The summed E-state index contributed by atoms with van der Waals surface area (Å²) in [6.07, 6.45) is 5.05. The number of benzene rings is 2. The Morgan fingerprint density at radius 1 is 1.21 bits per heavy atom. The van der Waals surface area contributed by atoms with Crippen LogP contribution >= 0.6 is 0 Å². The zero-order valence-electron chi connectivity index (χ0n) is 23.3. The van der Waals surface area contributed by atoms with Gasteiger partial charge in [0.2, 0.25) is 10.0 Å². The van der Waals surface area contributed by atoms with Gasteiger partial charge in [-0.25, -0.2) is 12.7 Å². The molecule has 1 saturated heterocycles. The van der Waals surface area contributed by atoms with Gasteiger partial charge in [0.15, 0.2) is 0 Å². The highest BCUT2D eigenvalue weighted by atomic mass is 32.2. The van der Waals surface area contributed by atoms with Crippen LogP contribution in [-0.2, 0) is 21.3 Å². The van der Waals surface area contributed by atoms with Crippen LogP contribution in [0.3, 0.4) is 0 Å². The summed E-state index contributed by atoms with van der Waals surface area (Å²) < 4.78 is 32.1. The van der Waals surface area contributed by atoms with Crippen LogP contribution in [0.4, 0.5) is 0 Å². The van der Waals surface area contributed by atoms with E-state index in [1.165, 1.54) is 5.56 Å². The van der Waals surface area contributed by atoms with Crippen LogP contribution < -0.4 is 11.1 Å². The number of H-pyrrole nitrogens is 1. The minimum absolute atomic E-state index is 0.107. The van der Waals surface area contributed by atoms with Gasteiger partial charge >= 0.3 is 0 Å². The average molecular weight is 555 g/mol. The van der Waals surface area contributed by atoms with E-state index in [2.05, 4.69) is 48.4 Å². The topological polar surface area (TPSA) is 118 Å². The minimum Gasteiger partial charge on any atom is -0.385 e. The Morgan fingerprint density at radius 3 is 2.67 bits per heavy atom. The number of fused-ring (bicyclic) bond motifs is 1. The first-order valence-corrected chi connectivity index (χ1v) is 15.6. The summed E-state index contributed by atoms with van der Waals surface area (Å²) >= 11 is 0. The molecule has 3 aromatic rings. The molecule has 1 aliphatic heterocycles. The number of piperidine rings is 1. The molecule has 2 aromatic carbocycles. The molecular weight excluding hydrogens is 512 g/mol. The number of primary amides is 1. The van der Waals surface area contributed by atoms with Crippen molar-refractivity contribution < 1.29 is 17.9 Å². The lowest BCUT2D eigenvalue weighted by molar-refractivity contribution is 0.100. The first-order chi connectivity index (χ1) is 18.7. The standard InChI is InChI=1S/C30H42N4O4S/c1-4-21(2)18-32-19-22-7-5-8-24(15-22)25-16-26-28(20-33-29(26)27(17-25)30(31)35)23-9-11-34(12-10-23)39(36,37)14-6-13-38-3/h5,7-8,15-17,20-21,23,32-33H,4,6,9-14,18-19H2,1-3H3,(H2,31,35)/t21-/m1/s1. The van der Waals surface area contributed by atoms with Gasteiger partial charge in [0.25, 0.3) is 5.91 Å². The van der Waals surface area contributed by atoms with E-state index in [-0.39, 0.29) is 11.7 Å².